The van der Waals surface area contributed by atoms with Crippen molar-refractivity contribution in [3.05, 3.63) is 42.1 Å². The second kappa shape index (κ2) is 9.65. The Morgan fingerprint density at radius 3 is 2.71 bits per heavy atom. The number of hydrogen-bond acceptors (Lipinski definition) is 7. The standard InChI is InChI=1S/C27H28FIN6O2S/c1-2-37-27(36)22-15-5-7-16(8-6-15)23(22)31-25-21-9-17(14-3-4-14)12-34(21)33-24(32-25)20-13-35(38-29)26-19(20)10-18(28)11-30-26/h9-16,22-23H,2-8H2,1H3,(H,31,32,33)/t15?,16?,22-,23-/m0/s1. The summed E-state index contributed by atoms with van der Waals surface area (Å²) in [5.41, 5.74) is 3.53. The van der Waals surface area contributed by atoms with Crippen LogP contribution in [0.15, 0.2) is 30.7 Å². The van der Waals surface area contributed by atoms with Gasteiger partial charge in [0.05, 0.1) is 18.7 Å². The van der Waals surface area contributed by atoms with Crippen LogP contribution in [-0.4, -0.2) is 42.2 Å². The number of nitrogens with zero attached hydrogens (tertiary/aromatic N) is 5. The third-order valence-electron chi connectivity index (χ3n) is 8.51. The first-order chi connectivity index (χ1) is 18.5. The van der Waals surface area contributed by atoms with Gasteiger partial charge in [0.25, 0.3) is 0 Å². The Hall–Kier alpha value is -2.41. The molecule has 0 saturated heterocycles. The van der Waals surface area contributed by atoms with Gasteiger partial charge in [-0.3, -0.25) is 8.77 Å². The molecule has 8 nitrogen and oxygen atoms in total. The highest BCUT2D eigenvalue weighted by atomic mass is 127. The fraction of sp³-hybridized carbons (Fsp3) is 0.481. The second-order valence-corrected chi connectivity index (χ2v) is 12.5. The summed E-state index contributed by atoms with van der Waals surface area (Å²) < 4.78 is 23.6. The van der Waals surface area contributed by atoms with E-state index < -0.39 is 5.82 Å². The normalized spacial score (nSPS) is 24.8. The lowest BCUT2D eigenvalue weighted by atomic mass is 9.61. The number of pyridine rings is 1. The summed E-state index contributed by atoms with van der Waals surface area (Å²) in [6.45, 7) is 2.25. The molecule has 0 aromatic carbocycles. The van der Waals surface area contributed by atoms with Crippen LogP contribution < -0.4 is 5.32 Å². The van der Waals surface area contributed by atoms with Gasteiger partial charge < -0.3 is 10.1 Å². The zero-order valence-corrected chi connectivity index (χ0v) is 23.9. The van der Waals surface area contributed by atoms with Crippen molar-refractivity contribution in [2.75, 3.05) is 11.9 Å². The van der Waals surface area contributed by atoms with Gasteiger partial charge in [0.15, 0.2) is 17.3 Å². The maximum Gasteiger partial charge on any atom is 0.311 e. The van der Waals surface area contributed by atoms with E-state index in [-0.39, 0.29) is 17.9 Å². The van der Waals surface area contributed by atoms with Gasteiger partial charge in [-0.15, -0.1) is 5.10 Å². The molecular formula is C27H28FIN6O2S. The summed E-state index contributed by atoms with van der Waals surface area (Å²) in [5, 5.41) is 9.28. The number of carbonyl (C=O) groups excluding carboxylic acids is 1. The van der Waals surface area contributed by atoms with Gasteiger partial charge in [-0.25, -0.2) is 18.9 Å². The van der Waals surface area contributed by atoms with E-state index in [9.17, 15) is 9.18 Å². The summed E-state index contributed by atoms with van der Waals surface area (Å²) in [6, 6.07) is 3.62. The quantitative estimate of drug-likeness (QED) is 0.184. The molecule has 4 aliphatic rings. The van der Waals surface area contributed by atoms with E-state index in [0.29, 0.717) is 47.0 Å². The lowest BCUT2D eigenvalue weighted by molar-refractivity contribution is -0.154. The fourth-order valence-corrected chi connectivity index (χ4v) is 7.81. The molecule has 0 spiro atoms. The van der Waals surface area contributed by atoms with Gasteiger partial charge in [0.1, 0.15) is 11.3 Å². The van der Waals surface area contributed by atoms with Crippen molar-refractivity contribution in [1.29, 1.82) is 0 Å². The molecule has 2 bridgehead atoms. The molecule has 4 saturated carbocycles. The van der Waals surface area contributed by atoms with Gasteiger partial charge in [-0.1, -0.05) is 0 Å². The highest BCUT2D eigenvalue weighted by molar-refractivity contribution is 14.2. The molecule has 1 N–H and O–H groups in total. The summed E-state index contributed by atoms with van der Waals surface area (Å²) >= 11 is 2.19. The van der Waals surface area contributed by atoms with E-state index in [4.69, 9.17) is 14.8 Å². The average Bonchev–Trinajstić information content (AvgIpc) is 3.58. The maximum absolute atomic E-state index is 14.3. The van der Waals surface area contributed by atoms with Crippen molar-refractivity contribution >= 4 is 58.7 Å². The van der Waals surface area contributed by atoms with E-state index in [2.05, 4.69) is 43.8 Å². The molecule has 8 rings (SSSR count). The number of carbonyl (C=O) groups is 1. The molecule has 4 fully saturated rings. The molecule has 4 aromatic rings. The Morgan fingerprint density at radius 2 is 1.97 bits per heavy atom. The minimum absolute atomic E-state index is 0.0438. The lowest BCUT2D eigenvalue weighted by Gasteiger charge is -2.47. The second-order valence-electron chi connectivity index (χ2n) is 10.7. The summed E-state index contributed by atoms with van der Waals surface area (Å²) in [5.74, 6) is 1.78. The van der Waals surface area contributed by atoms with Gasteiger partial charge in [-0.2, -0.15) is 0 Å². The zero-order chi connectivity index (χ0) is 26.0. The zero-order valence-electron chi connectivity index (χ0n) is 20.9. The molecule has 198 valence electrons. The van der Waals surface area contributed by atoms with Crippen LogP contribution in [0.4, 0.5) is 10.2 Å². The molecule has 0 amide bonds. The summed E-state index contributed by atoms with van der Waals surface area (Å²) in [7, 11) is 1.46. The number of rotatable bonds is 7. The number of aromatic nitrogens is 5. The molecule has 0 aliphatic heterocycles. The third kappa shape index (κ3) is 4.16. The Labute approximate surface area is 235 Å². The number of hydrogen-bond donors (Lipinski definition) is 1. The van der Waals surface area contributed by atoms with Crippen molar-refractivity contribution < 1.29 is 13.9 Å². The van der Waals surface area contributed by atoms with E-state index >= 15 is 0 Å². The van der Waals surface area contributed by atoms with Crippen LogP contribution in [0.25, 0.3) is 27.9 Å². The molecule has 0 radical (unpaired) electrons. The minimum atomic E-state index is -0.401. The highest BCUT2D eigenvalue weighted by Gasteiger charge is 2.48. The lowest BCUT2D eigenvalue weighted by Crippen LogP contribution is -2.52. The monoisotopic (exact) mass is 646 g/mol. The third-order valence-corrected chi connectivity index (χ3v) is 10.2. The van der Waals surface area contributed by atoms with Crippen LogP contribution in [0.5, 0.6) is 0 Å². The van der Waals surface area contributed by atoms with Crippen LogP contribution in [-0.2, 0) is 9.53 Å². The highest BCUT2D eigenvalue weighted by Crippen LogP contribution is 2.47. The Kier molecular flexibility index (Phi) is 6.25. The number of fused-ring (bicyclic) bond motifs is 5. The molecule has 4 aromatic heterocycles. The van der Waals surface area contributed by atoms with E-state index in [0.717, 1.165) is 36.8 Å². The van der Waals surface area contributed by atoms with E-state index in [1.54, 1.807) is 0 Å². The Balaban J connectivity index is 1.36. The van der Waals surface area contributed by atoms with Crippen LogP contribution in [0.1, 0.15) is 56.9 Å². The number of halogens is 2. The predicted molar refractivity (Wildman–Crippen MR) is 154 cm³/mol. The molecule has 0 unspecified atom stereocenters. The van der Waals surface area contributed by atoms with Crippen molar-refractivity contribution in [2.24, 2.45) is 17.8 Å². The van der Waals surface area contributed by atoms with Gasteiger partial charge in [0, 0.05) is 59.7 Å². The van der Waals surface area contributed by atoms with Crippen molar-refractivity contribution in [1.82, 2.24) is 23.6 Å². The van der Waals surface area contributed by atoms with Crippen LogP contribution in [0.2, 0.25) is 0 Å². The number of esters is 1. The van der Waals surface area contributed by atoms with Crippen LogP contribution in [0.3, 0.4) is 0 Å². The Bertz CT molecular complexity index is 1540. The average molecular weight is 647 g/mol. The number of anilines is 1. The molecule has 4 aliphatic carbocycles. The number of ether oxygens (including phenoxy) is 1. The fourth-order valence-electron chi connectivity index (χ4n) is 6.56. The molecule has 38 heavy (non-hydrogen) atoms. The first-order valence-electron chi connectivity index (χ1n) is 13.3. The van der Waals surface area contributed by atoms with E-state index in [1.165, 1.54) is 39.8 Å². The van der Waals surface area contributed by atoms with Crippen LogP contribution in [0, 0.1) is 23.6 Å². The minimum Gasteiger partial charge on any atom is -0.466 e. The smallest absolute Gasteiger partial charge is 0.311 e. The topological polar surface area (TPSA) is 86.3 Å². The first kappa shape index (κ1) is 24.6. The van der Waals surface area contributed by atoms with Crippen LogP contribution >= 0.6 is 30.3 Å². The largest absolute Gasteiger partial charge is 0.466 e. The van der Waals surface area contributed by atoms with Crippen molar-refractivity contribution in [2.45, 2.75) is 57.4 Å². The summed E-state index contributed by atoms with van der Waals surface area (Å²) in [4.78, 5) is 22.5. The summed E-state index contributed by atoms with van der Waals surface area (Å²) in [6.07, 6.45) is 11.9. The Morgan fingerprint density at radius 1 is 1.18 bits per heavy atom. The SMILES string of the molecule is CCOC(=O)[C@H]1C2CCC(CC2)[C@@H]1Nc1nc(-c2cn(SI)c3ncc(F)cc23)nn2cc(C3CC3)cc12. The molecule has 4 heterocycles. The number of nitrogens with one attached hydrogen (secondary N) is 1. The predicted octanol–water partition coefficient (Wildman–Crippen LogP) is 6.39. The van der Waals surface area contributed by atoms with Gasteiger partial charge in [0.2, 0.25) is 0 Å². The van der Waals surface area contributed by atoms with Gasteiger partial charge >= 0.3 is 5.97 Å². The molecule has 11 heteroatoms. The maximum atomic E-state index is 14.3. The van der Waals surface area contributed by atoms with E-state index in [1.807, 2.05) is 21.6 Å². The van der Waals surface area contributed by atoms with Crippen molar-refractivity contribution in [3.63, 3.8) is 0 Å². The van der Waals surface area contributed by atoms with Crippen molar-refractivity contribution in [3.8, 4) is 11.4 Å². The van der Waals surface area contributed by atoms with Gasteiger partial charge in [-0.05, 0) is 80.9 Å². The molecular weight excluding hydrogens is 618 g/mol. The molecule has 2 atom stereocenters. The first-order valence-corrected chi connectivity index (χ1v) is 16.6.